The second-order valence-corrected chi connectivity index (χ2v) is 8.18. The van der Waals surface area contributed by atoms with Gasteiger partial charge < -0.3 is 20.1 Å². The monoisotopic (exact) mass is 394 g/mol. The van der Waals surface area contributed by atoms with Gasteiger partial charge in [-0.3, -0.25) is 4.79 Å². The molecule has 29 heavy (non-hydrogen) atoms. The molecule has 2 N–H and O–H groups in total. The third-order valence-corrected chi connectivity index (χ3v) is 6.51. The molecule has 1 aliphatic carbocycles. The first-order valence-corrected chi connectivity index (χ1v) is 10.5. The molecule has 2 aliphatic rings. The van der Waals surface area contributed by atoms with Crippen LogP contribution in [0.4, 0.5) is 5.69 Å². The molecule has 1 fully saturated rings. The van der Waals surface area contributed by atoms with Gasteiger partial charge in [-0.2, -0.15) is 0 Å². The Bertz CT molecular complexity index is 862. The third-order valence-electron chi connectivity index (χ3n) is 6.51. The summed E-state index contributed by atoms with van der Waals surface area (Å²) in [6, 6.07) is 15.3. The summed E-state index contributed by atoms with van der Waals surface area (Å²) >= 11 is 0. The van der Waals surface area contributed by atoms with Gasteiger partial charge in [0.2, 0.25) is 5.91 Å². The van der Waals surface area contributed by atoms with Crippen molar-refractivity contribution in [2.45, 2.75) is 49.7 Å². The maximum atomic E-state index is 14.0. The quantitative estimate of drug-likeness (QED) is 0.786. The molecular weight excluding hydrogens is 364 g/mol. The van der Waals surface area contributed by atoms with Gasteiger partial charge in [-0.25, -0.2) is 0 Å². The molecule has 0 aromatic heterocycles. The molecule has 1 amide bonds. The average Bonchev–Trinajstić information content (AvgIpc) is 2.98. The van der Waals surface area contributed by atoms with Crippen LogP contribution in [0.3, 0.4) is 0 Å². The number of carbonyl (C=O) groups is 1. The molecule has 2 aromatic carbocycles. The highest BCUT2D eigenvalue weighted by molar-refractivity contribution is 6.09. The Morgan fingerprint density at radius 1 is 1.14 bits per heavy atom. The highest BCUT2D eigenvalue weighted by Gasteiger charge is 2.53. The predicted molar refractivity (Wildman–Crippen MR) is 114 cm³/mol. The van der Waals surface area contributed by atoms with Gasteiger partial charge in [0, 0.05) is 12.2 Å². The Hall–Kier alpha value is -2.37. The summed E-state index contributed by atoms with van der Waals surface area (Å²) in [6.07, 6.45) is 4.24. The second-order valence-electron chi connectivity index (χ2n) is 8.18. The SMILES string of the molecule is CNCC(O)C(c1ccccc1)N1C(=O)C2(CCCCC2)c2cc(OC)ccc21. The fourth-order valence-corrected chi connectivity index (χ4v) is 5.12. The maximum absolute atomic E-state index is 14.0. The van der Waals surface area contributed by atoms with E-state index in [0.717, 1.165) is 48.2 Å². The minimum atomic E-state index is -0.722. The lowest BCUT2D eigenvalue weighted by Gasteiger charge is -2.36. The van der Waals surface area contributed by atoms with Gasteiger partial charge in [-0.05, 0) is 49.2 Å². The lowest BCUT2D eigenvalue weighted by atomic mass is 9.70. The number of ether oxygens (including phenoxy) is 1. The van der Waals surface area contributed by atoms with Crippen LogP contribution in [0.5, 0.6) is 5.75 Å². The predicted octanol–water partition coefficient (Wildman–Crippen LogP) is 3.57. The summed E-state index contributed by atoms with van der Waals surface area (Å²) in [4.78, 5) is 15.9. The molecule has 1 spiro atoms. The van der Waals surface area contributed by atoms with Gasteiger partial charge in [0.15, 0.2) is 0 Å². The Morgan fingerprint density at radius 2 is 1.86 bits per heavy atom. The summed E-state index contributed by atoms with van der Waals surface area (Å²) in [5.41, 5.74) is 2.40. The van der Waals surface area contributed by atoms with E-state index in [1.54, 1.807) is 7.11 Å². The first-order chi connectivity index (χ1) is 14.1. The van der Waals surface area contributed by atoms with Crippen molar-refractivity contribution in [2.24, 2.45) is 0 Å². The molecule has 2 atom stereocenters. The van der Waals surface area contributed by atoms with E-state index in [4.69, 9.17) is 4.74 Å². The third kappa shape index (κ3) is 3.32. The van der Waals surface area contributed by atoms with Crippen LogP contribution in [-0.4, -0.2) is 37.8 Å². The zero-order valence-electron chi connectivity index (χ0n) is 17.2. The molecule has 0 bridgehead atoms. The number of likely N-dealkylation sites (N-methyl/N-ethyl adjacent to an activating group) is 1. The molecule has 2 aromatic rings. The Labute approximate surface area is 172 Å². The molecule has 1 saturated carbocycles. The van der Waals surface area contributed by atoms with E-state index >= 15 is 0 Å². The van der Waals surface area contributed by atoms with Gasteiger partial charge in [-0.15, -0.1) is 0 Å². The lowest BCUT2D eigenvalue weighted by molar-refractivity contribution is -0.125. The van der Waals surface area contributed by atoms with Crippen molar-refractivity contribution in [3.63, 3.8) is 0 Å². The normalized spacial score (nSPS) is 19.8. The largest absolute Gasteiger partial charge is 0.497 e. The fourth-order valence-electron chi connectivity index (χ4n) is 5.12. The van der Waals surface area contributed by atoms with Gasteiger partial charge in [0.1, 0.15) is 5.75 Å². The number of nitrogens with zero attached hydrogens (tertiary/aromatic N) is 1. The van der Waals surface area contributed by atoms with Crippen LogP contribution < -0.4 is 15.0 Å². The number of hydrogen-bond acceptors (Lipinski definition) is 4. The zero-order chi connectivity index (χ0) is 20.4. The first kappa shape index (κ1) is 19.9. The summed E-state index contributed by atoms with van der Waals surface area (Å²) in [5, 5.41) is 14.1. The molecule has 5 nitrogen and oxygen atoms in total. The van der Waals surface area contributed by atoms with Crippen molar-refractivity contribution >= 4 is 11.6 Å². The van der Waals surface area contributed by atoms with Gasteiger partial charge in [0.05, 0.1) is 24.7 Å². The lowest BCUT2D eigenvalue weighted by Crippen LogP contribution is -2.47. The van der Waals surface area contributed by atoms with E-state index < -0.39 is 17.6 Å². The summed E-state index contributed by atoms with van der Waals surface area (Å²) in [6.45, 7) is 0.405. The van der Waals surface area contributed by atoms with Crippen molar-refractivity contribution in [3.05, 3.63) is 59.7 Å². The van der Waals surface area contributed by atoms with Gasteiger partial charge in [0.25, 0.3) is 0 Å². The number of hydrogen-bond donors (Lipinski definition) is 2. The Kier molecular flexibility index (Phi) is 5.61. The fraction of sp³-hybridized carbons (Fsp3) is 0.458. The number of nitrogens with one attached hydrogen (secondary N) is 1. The number of carbonyl (C=O) groups excluding carboxylic acids is 1. The summed E-state index contributed by atoms with van der Waals surface area (Å²) in [5.74, 6) is 0.889. The van der Waals surface area contributed by atoms with E-state index in [1.165, 1.54) is 6.42 Å². The summed E-state index contributed by atoms with van der Waals surface area (Å²) in [7, 11) is 3.48. The highest BCUT2D eigenvalue weighted by Crippen LogP contribution is 2.53. The molecule has 1 heterocycles. The standard InChI is InChI=1S/C24H30N2O3/c1-25-16-21(27)22(17-9-5-3-6-10-17)26-20-12-11-18(29-2)15-19(20)24(23(26)28)13-7-4-8-14-24/h3,5-6,9-12,15,21-22,25,27H,4,7-8,13-14,16H2,1-2H3. The van der Waals surface area contributed by atoms with Gasteiger partial charge in [-0.1, -0.05) is 49.6 Å². The number of fused-ring (bicyclic) bond motifs is 2. The Morgan fingerprint density at radius 3 is 2.52 bits per heavy atom. The highest BCUT2D eigenvalue weighted by atomic mass is 16.5. The average molecular weight is 395 g/mol. The number of methoxy groups -OCH3 is 1. The first-order valence-electron chi connectivity index (χ1n) is 10.5. The van der Waals surface area contributed by atoms with Crippen LogP contribution in [0.15, 0.2) is 48.5 Å². The van der Waals surface area contributed by atoms with Crippen LogP contribution in [0.2, 0.25) is 0 Å². The van der Waals surface area contributed by atoms with Crippen LogP contribution >= 0.6 is 0 Å². The van der Waals surface area contributed by atoms with Crippen molar-refractivity contribution in [1.82, 2.24) is 5.32 Å². The van der Waals surface area contributed by atoms with E-state index in [0.29, 0.717) is 6.54 Å². The molecule has 0 saturated heterocycles. The van der Waals surface area contributed by atoms with Crippen molar-refractivity contribution < 1.29 is 14.6 Å². The number of anilines is 1. The minimum Gasteiger partial charge on any atom is -0.497 e. The molecule has 2 unspecified atom stereocenters. The van der Waals surface area contributed by atoms with Crippen LogP contribution in [-0.2, 0) is 10.2 Å². The number of amides is 1. The topological polar surface area (TPSA) is 61.8 Å². The molecule has 5 heteroatoms. The van der Waals surface area contributed by atoms with E-state index in [2.05, 4.69) is 5.32 Å². The zero-order valence-corrected chi connectivity index (χ0v) is 17.2. The van der Waals surface area contributed by atoms with Crippen LogP contribution in [0, 0.1) is 0 Å². The molecule has 1 aliphatic heterocycles. The summed E-state index contributed by atoms with van der Waals surface area (Å²) < 4.78 is 5.49. The number of aliphatic hydroxyl groups excluding tert-OH is 1. The van der Waals surface area contributed by atoms with E-state index in [9.17, 15) is 9.90 Å². The number of benzene rings is 2. The van der Waals surface area contributed by atoms with E-state index in [-0.39, 0.29) is 5.91 Å². The second kappa shape index (κ2) is 8.17. The molecule has 154 valence electrons. The van der Waals surface area contributed by atoms with Crippen LogP contribution in [0.1, 0.15) is 49.3 Å². The van der Waals surface area contributed by atoms with Gasteiger partial charge >= 0.3 is 0 Å². The van der Waals surface area contributed by atoms with Crippen molar-refractivity contribution in [1.29, 1.82) is 0 Å². The minimum absolute atomic E-state index is 0.115. The number of aliphatic hydroxyl groups is 1. The number of rotatable bonds is 6. The Balaban J connectivity index is 1.87. The molecular formula is C24H30N2O3. The van der Waals surface area contributed by atoms with Crippen LogP contribution in [0.25, 0.3) is 0 Å². The molecule has 4 rings (SSSR count). The van der Waals surface area contributed by atoms with Crippen molar-refractivity contribution in [2.75, 3.05) is 25.6 Å². The maximum Gasteiger partial charge on any atom is 0.238 e. The van der Waals surface area contributed by atoms with E-state index in [1.807, 2.05) is 60.5 Å². The molecule has 0 radical (unpaired) electrons. The smallest absolute Gasteiger partial charge is 0.238 e. The van der Waals surface area contributed by atoms with Crippen molar-refractivity contribution in [3.8, 4) is 5.75 Å².